The second-order valence-electron chi connectivity index (χ2n) is 5.02. The molecule has 0 aliphatic rings. The third kappa shape index (κ3) is 4.64. The number of carboxylic acids is 1. The Balaban J connectivity index is 1.95. The molecule has 6 nitrogen and oxygen atoms in total. The van der Waals surface area contributed by atoms with Crippen molar-refractivity contribution in [3.63, 3.8) is 0 Å². The molecule has 0 radical (unpaired) electrons. The maximum Gasteiger partial charge on any atom is 0.317 e. The van der Waals surface area contributed by atoms with E-state index < -0.39 is 5.97 Å². The van der Waals surface area contributed by atoms with E-state index >= 15 is 0 Å². The lowest BCUT2D eigenvalue weighted by atomic mass is 10.1. The first-order valence-electron chi connectivity index (χ1n) is 6.67. The molecule has 1 heterocycles. The van der Waals surface area contributed by atoms with E-state index in [0.29, 0.717) is 5.13 Å². The number of benzene rings is 1. The van der Waals surface area contributed by atoms with Gasteiger partial charge in [-0.1, -0.05) is 29.8 Å². The van der Waals surface area contributed by atoms with Gasteiger partial charge in [-0.05, 0) is 14.0 Å². The van der Waals surface area contributed by atoms with Crippen molar-refractivity contribution in [3.05, 3.63) is 35.2 Å². The molecule has 0 unspecified atom stereocenters. The van der Waals surface area contributed by atoms with Crippen molar-refractivity contribution in [1.82, 2.24) is 9.88 Å². The zero-order chi connectivity index (χ0) is 16.1. The Bertz CT molecular complexity index is 667. The second-order valence-corrected chi connectivity index (χ2v) is 5.88. The number of carbonyl (C=O) groups excluding carboxylic acids is 1. The number of carbonyl (C=O) groups is 2. The summed E-state index contributed by atoms with van der Waals surface area (Å²) < 4.78 is 0. The molecule has 1 aromatic carbocycles. The second kappa shape index (κ2) is 7.15. The number of aryl methyl sites for hydroxylation is 1. The minimum atomic E-state index is -0.966. The molecule has 0 bridgehead atoms. The summed E-state index contributed by atoms with van der Waals surface area (Å²) in [5.41, 5.74) is 2.97. The molecular formula is C15H17N3O3S. The van der Waals surface area contributed by atoms with Gasteiger partial charge in [0.25, 0.3) is 0 Å². The van der Waals surface area contributed by atoms with Gasteiger partial charge in [-0.2, -0.15) is 0 Å². The number of rotatable bonds is 6. The average molecular weight is 319 g/mol. The SMILES string of the molecule is Cc1ccc(-c2csc(NC(=O)CN(C)CC(=O)O)n2)cc1. The van der Waals surface area contributed by atoms with Gasteiger partial charge < -0.3 is 10.4 Å². The third-order valence-corrected chi connectivity index (χ3v) is 3.67. The zero-order valence-electron chi connectivity index (χ0n) is 12.4. The smallest absolute Gasteiger partial charge is 0.317 e. The number of nitrogens with zero attached hydrogens (tertiary/aromatic N) is 2. The molecule has 22 heavy (non-hydrogen) atoms. The summed E-state index contributed by atoms with van der Waals surface area (Å²) in [5.74, 6) is -1.25. The molecule has 0 fully saturated rings. The lowest BCUT2D eigenvalue weighted by Crippen LogP contribution is -2.33. The summed E-state index contributed by atoms with van der Waals surface area (Å²) in [4.78, 5) is 28.2. The fourth-order valence-electron chi connectivity index (χ4n) is 1.88. The van der Waals surface area contributed by atoms with Crippen molar-refractivity contribution in [2.75, 3.05) is 25.5 Å². The van der Waals surface area contributed by atoms with Crippen LogP contribution in [-0.4, -0.2) is 47.0 Å². The molecule has 1 amide bonds. The van der Waals surface area contributed by atoms with E-state index in [1.165, 1.54) is 21.8 Å². The summed E-state index contributed by atoms with van der Waals surface area (Å²) in [6, 6.07) is 7.98. The highest BCUT2D eigenvalue weighted by Gasteiger charge is 2.12. The van der Waals surface area contributed by atoms with Gasteiger partial charge in [-0.15, -0.1) is 11.3 Å². The maximum absolute atomic E-state index is 11.8. The number of aliphatic carboxylic acids is 1. The van der Waals surface area contributed by atoms with Gasteiger partial charge in [0.15, 0.2) is 5.13 Å². The van der Waals surface area contributed by atoms with Crippen LogP contribution in [0.2, 0.25) is 0 Å². The standard InChI is InChI=1S/C15H17N3O3S/c1-10-3-5-11(6-4-10)12-9-22-15(16-12)17-13(19)7-18(2)8-14(20)21/h3-6,9H,7-8H2,1-2H3,(H,20,21)(H,16,17,19). The number of amides is 1. The van der Waals surface area contributed by atoms with Crippen LogP contribution in [-0.2, 0) is 9.59 Å². The average Bonchev–Trinajstić information content (AvgIpc) is 2.86. The first kappa shape index (κ1) is 16.1. The first-order valence-corrected chi connectivity index (χ1v) is 7.55. The highest BCUT2D eigenvalue weighted by molar-refractivity contribution is 7.14. The number of aromatic nitrogens is 1. The van der Waals surface area contributed by atoms with Crippen LogP contribution in [0.4, 0.5) is 5.13 Å². The number of thiazole rings is 1. The molecule has 0 saturated carbocycles. The summed E-state index contributed by atoms with van der Waals surface area (Å²) >= 11 is 1.34. The molecule has 116 valence electrons. The predicted octanol–water partition coefficient (Wildman–Crippen LogP) is 2.07. The molecule has 0 spiro atoms. The molecular weight excluding hydrogens is 302 g/mol. The van der Waals surface area contributed by atoms with Crippen LogP contribution in [0.5, 0.6) is 0 Å². The van der Waals surface area contributed by atoms with Crippen LogP contribution in [0.3, 0.4) is 0 Å². The van der Waals surface area contributed by atoms with Gasteiger partial charge in [0, 0.05) is 10.9 Å². The van der Waals surface area contributed by atoms with E-state index in [9.17, 15) is 9.59 Å². The summed E-state index contributed by atoms with van der Waals surface area (Å²) in [6.45, 7) is 1.84. The molecule has 2 rings (SSSR count). The minimum Gasteiger partial charge on any atom is -0.480 e. The number of nitrogens with one attached hydrogen (secondary N) is 1. The van der Waals surface area contributed by atoms with Crippen molar-refractivity contribution in [2.24, 2.45) is 0 Å². The minimum absolute atomic E-state index is 0.00570. The molecule has 2 aromatic rings. The van der Waals surface area contributed by atoms with Gasteiger partial charge in [0.2, 0.25) is 5.91 Å². The number of anilines is 1. The van der Waals surface area contributed by atoms with Crippen LogP contribution in [0.15, 0.2) is 29.6 Å². The van der Waals surface area contributed by atoms with Gasteiger partial charge in [-0.3, -0.25) is 14.5 Å². The van der Waals surface area contributed by atoms with E-state index in [-0.39, 0.29) is 19.0 Å². The van der Waals surface area contributed by atoms with Crippen LogP contribution in [0, 0.1) is 6.92 Å². The lowest BCUT2D eigenvalue weighted by Gasteiger charge is -2.12. The van der Waals surface area contributed by atoms with Crippen molar-refractivity contribution in [2.45, 2.75) is 6.92 Å². The third-order valence-electron chi connectivity index (χ3n) is 2.92. The van der Waals surface area contributed by atoms with Gasteiger partial charge in [-0.25, -0.2) is 4.98 Å². The number of hydrogen-bond acceptors (Lipinski definition) is 5. The van der Waals surface area contributed by atoms with Crippen molar-refractivity contribution < 1.29 is 14.7 Å². The summed E-state index contributed by atoms with van der Waals surface area (Å²) in [7, 11) is 1.58. The normalized spacial score (nSPS) is 10.7. The lowest BCUT2D eigenvalue weighted by molar-refractivity contribution is -0.138. The molecule has 1 aromatic heterocycles. The molecule has 0 saturated heterocycles. The molecule has 7 heteroatoms. The number of hydrogen-bond donors (Lipinski definition) is 2. The van der Waals surface area contributed by atoms with E-state index in [2.05, 4.69) is 10.3 Å². The largest absolute Gasteiger partial charge is 0.480 e. The van der Waals surface area contributed by atoms with Crippen LogP contribution >= 0.6 is 11.3 Å². The van der Waals surface area contributed by atoms with E-state index in [1.54, 1.807) is 7.05 Å². The number of carboxylic acid groups (broad SMARTS) is 1. The predicted molar refractivity (Wildman–Crippen MR) is 86.0 cm³/mol. The van der Waals surface area contributed by atoms with Crippen LogP contribution in [0.25, 0.3) is 11.3 Å². The first-order chi connectivity index (χ1) is 10.4. The fraction of sp³-hybridized carbons (Fsp3) is 0.267. The van der Waals surface area contributed by atoms with Gasteiger partial charge in [0.1, 0.15) is 0 Å². The summed E-state index contributed by atoms with van der Waals surface area (Å²) in [6.07, 6.45) is 0. The Hall–Kier alpha value is -2.25. The van der Waals surface area contributed by atoms with Crippen LogP contribution < -0.4 is 5.32 Å². The molecule has 2 N–H and O–H groups in total. The molecule has 0 aliphatic heterocycles. The van der Waals surface area contributed by atoms with Crippen LogP contribution in [0.1, 0.15) is 5.56 Å². The monoisotopic (exact) mass is 319 g/mol. The highest BCUT2D eigenvalue weighted by atomic mass is 32.1. The van der Waals surface area contributed by atoms with E-state index in [1.807, 2.05) is 36.6 Å². The van der Waals surface area contributed by atoms with E-state index in [4.69, 9.17) is 5.11 Å². The Labute approximate surface area is 132 Å². The van der Waals surface area contributed by atoms with E-state index in [0.717, 1.165) is 11.3 Å². The van der Waals surface area contributed by atoms with Gasteiger partial charge in [0.05, 0.1) is 18.8 Å². The molecule has 0 atom stereocenters. The Morgan fingerprint density at radius 2 is 1.95 bits per heavy atom. The van der Waals surface area contributed by atoms with Gasteiger partial charge >= 0.3 is 5.97 Å². The Kier molecular flexibility index (Phi) is 5.24. The fourth-order valence-corrected chi connectivity index (χ4v) is 2.61. The summed E-state index contributed by atoms with van der Waals surface area (Å²) in [5, 5.41) is 13.7. The maximum atomic E-state index is 11.8. The number of likely N-dealkylation sites (N-methyl/N-ethyl adjacent to an activating group) is 1. The molecule has 0 aliphatic carbocycles. The van der Waals surface area contributed by atoms with Crippen molar-refractivity contribution >= 4 is 28.3 Å². The quantitative estimate of drug-likeness (QED) is 0.852. The topological polar surface area (TPSA) is 82.5 Å². The zero-order valence-corrected chi connectivity index (χ0v) is 13.2. The Morgan fingerprint density at radius 1 is 1.27 bits per heavy atom. The highest BCUT2D eigenvalue weighted by Crippen LogP contribution is 2.25. The van der Waals surface area contributed by atoms with Crippen molar-refractivity contribution in [1.29, 1.82) is 0 Å². The Morgan fingerprint density at radius 3 is 2.59 bits per heavy atom. The van der Waals surface area contributed by atoms with Crippen molar-refractivity contribution in [3.8, 4) is 11.3 Å².